The highest BCUT2D eigenvalue weighted by atomic mass is 32.1. The lowest BCUT2D eigenvalue weighted by Gasteiger charge is -2.26. The van der Waals surface area contributed by atoms with Crippen molar-refractivity contribution in [1.82, 2.24) is 5.32 Å². The average molecular weight is 302 g/mol. The van der Waals surface area contributed by atoms with Crippen LogP contribution in [-0.4, -0.2) is 12.6 Å². The number of esters is 1. The van der Waals surface area contributed by atoms with Crippen molar-refractivity contribution in [3.8, 4) is 6.07 Å². The maximum absolute atomic E-state index is 12.3. The third-order valence-electron chi connectivity index (χ3n) is 3.04. The van der Waals surface area contributed by atoms with Gasteiger partial charge in [-0.05, 0) is 19.1 Å². The van der Waals surface area contributed by atoms with Crippen LogP contribution in [0.3, 0.4) is 0 Å². The molecule has 2 heterocycles. The Morgan fingerprint density at radius 2 is 2.48 bits per heavy atom. The summed E-state index contributed by atoms with van der Waals surface area (Å²) in [6, 6.07) is 5.48. The van der Waals surface area contributed by atoms with Gasteiger partial charge >= 0.3 is 5.97 Å². The number of nitriles is 1. The van der Waals surface area contributed by atoms with Crippen molar-refractivity contribution >= 4 is 18.6 Å². The quantitative estimate of drug-likeness (QED) is 0.508. The van der Waals surface area contributed by atoms with E-state index in [0.29, 0.717) is 27.6 Å². The predicted molar refractivity (Wildman–Crippen MR) is 80.1 cm³/mol. The molecule has 21 heavy (non-hydrogen) atoms. The molecule has 1 aromatic rings. The average Bonchev–Trinajstić information content (AvgIpc) is 2.97. The minimum absolute atomic E-state index is 0.0970. The Kier molecular flexibility index (Phi) is 4.55. The molecule has 0 saturated heterocycles. The summed E-state index contributed by atoms with van der Waals surface area (Å²) in [5.74, 6) is -0.657. The molecule has 0 aromatic carbocycles. The van der Waals surface area contributed by atoms with Crippen LogP contribution in [-0.2, 0) is 9.53 Å². The molecule has 1 aliphatic heterocycles. The second-order valence-corrected chi connectivity index (χ2v) is 4.82. The fourth-order valence-electron chi connectivity index (χ4n) is 2.15. The summed E-state index contributed by atoms with van der Waals surface area (Å²) in [5.41, 5.74) is 1.22. The number of thiol groups is 1. The number of hydrogen-bond acceptors (Lipinski definition) is 6. The van der Waals surface area contributed by atoms with Crippen molar-refractivity contribution in [1.29, 1.82) is 5.26 Å². The Labute approximate surface area is 128 Å². The first-order chi connectivity index (χ1) is 10.1. The van der Waals surface area contributed by atoms with Crippen molar-refractivity contribution in [2.24, 2.45) is 0 Å². The lowest BCUT2D eigenvalue weighted by atomic mass is 9.86. The second-order valence-electron chi connectivity index (χ2n) is 4.37. The molecule has 108 valence electrons. The number of hydrogen-bond donors (Lipinski definition) is 2. The Morgan fingerprint density at radius 1 is 1.71 bits per heavy atom. The largest absolute Gasteiger partial charge is 0.468 e. The fraction of sp³-hybridized carbons (Fsp3) is 0.200. The molecular weight excluding hydrogens is 288 g/mol. The smallest absolute Gasteiger partial charge is 0.337 e. The third-order valence-corrected chi connectivity index (χ3v) is 3.40. The van der Waals surface area contributed by atoms with E-state index in [0.717, 1.165) is 0 Å². The molecule has 1 aromatic heterocycles. The van der Waals surface area contributed by atoms with Gasteiger partial charge in [-0.1, -0.05) is 12.7 Å². The highest BCUT2D eigenvalue weighted by Crippen LogP contribution is 2.39. The maximum atomic E-state index is 12.3. The molecule has 2 rings (SSSR count). The van der Waals surface area contributed by atoms with Crippen LogP contribution in [0.5, 0.6) is 0 Å². The van der Waals surface area contributed by atoms with Gasteiger partial charge in [-0.3, -0.25) is 0 Å². The molecule has 1 aliphatic rings. The van der Waals surface area contributed by atoms with E-state index in [-0.39, 0.29) is 6.61 Å². The molecular formula is C15H14N2O3S. The Hall–Kier alpha value is -2.39. The van der Waals surface area contributed by atoms with Crippen LogP contribution >= 0.6 is 12.6 Å². The predicted octanol–water partition coefficient (Wildman–Crippen LogP) is 2.63. The van der Waals surface area contributed by atoms with Gasteiger partial charge < -0.3 is 14.5 Å². The minimum Gasteiger partial charge on any atom is -0.468 e. The van der Waals surface area contributed by atoms with Crippen molar-refractivity contribution in [3.05, 3.63) is 58.7 Å². The maximum Gasteiger partial charge on any atom is 0.337 e. The van der Waals surface area contributed by atoms with Crippen LogP contribution in [0, 0.1) is 11.3 Å². The number of nitrogens with zero attached hydrogens (tertiary/aromatic N) is 1. The van der Waals surface area contributed by atoms with Gasteiger partial charge in [-0.25, -0.2) is 4.79 Å². The lowest BCUT2D eigenvalue weighted by Crippen LogP contribution is -2.28. The number of nitrogens with one attached hydrogen (secondary N) is 1. The summed E-state index contributed by atoms with van der Waals surface area (Å²) in [6.07, 6.45) is 2.98. The number of furan rings is 1. The highest BCUT2D eigenvalue weighted by Gasteiger charge is 2.36. The molecule has 0 amide bonds. The first-order valence-corrected chi connectivity index (χ1v) is 6.67. The third kappa shape index (κ3) is 2.88. The summed E-state index contributed by atoms with van der Waals surface area (Å²) >= 11 is 4.27. The zero-order valence-corrected chi connectivity index (χ0v) is 12.3. The number of ether oxygens (including phenoxy) is 1. The van der Waals surface area contributed by atoms with Gasteiger partial charge in [0.15, 0.2) is 0 Å². The molecule has 0 spiro atoms. The molecule has 1 atom stereocenters. The normalized spacial score (nSPS) is 18.0. The van der Waals surface area contributed by atoms with Crippen molar-refractivity contribution < 1.29 is 13.9 Å². The highest BCUT2D eigenvalue weighted by molar-refractivity contribution is 7.84. The topological polar surface area (TPSA) is 75.3 Å². The SMILES string of the molecule is C=CCOC(=O)C1=C(C)NC(S)=C(C#N)[C@@H]1c1ccco1. The molecule has 0 radical (unpaired) electrons. The summed E-state index contributed by atoms with van der Waals surface area (Å²) < 4.78 is 10.5. The molecule has 5 nitrogen and oxygen atoms in total. The van der Waals surface area contributed by atoms with E-state index in [1.54, 1.807) is 19.1 Å². The second kappa shape index (κ2) is 6.37. The fourth-order valence-corrected chi connectivity index (χ4v) is 2.50. The zero-order valence-electron chi connectivity index (χ0n) is 11.4. The van der Waals surface area contributed by atoms with Crippen LogP contribution in [0.15, 0.2) is 57.3 Å². The van der Waals surface area contributed by atoms with Gasteiger partial charge in [-0.2, -0.15) is 5.26 Å². The van der Waals surface area contributed by atoms with Crippen LogP contribution in [0.2, 0.25) is 0 Å². The Bertz CT molecular complexity index is 666. The number of carbonyl (C=O) groups is 1. The number of carbonyl (C=O) groups excluding carboxylic acids is 1. The Morgan fingerprint density at radius 3 is 3.05 bits per heavy atom. The standard InChI is InChI=1S/C15H14N2O3S/c1-3-6-20-15(18)12-9(2)17-14(21)10(8-16)13(12)11-5-4-7-19-11/h3-5,7,13,17,21H,1,6H2,2H3/t13-/m1/s1. The van der Waals surface area contributed by atoms with Gasteiger partial charge in [0.25, 0.3) is 0 Å². The van der Waals surface area contributed by atoms with Gasteiger partial charge in [0, 0.05) is 5.70 Å². The lowest BCUT2D eigenvalue weighted by molar-refractivity contribution is -0.138. The van der Waals surface area contributed by atoms with E-state index in [1.165, 1.54) is 12.3 Å². The summed E-state index contributed by atoms with van der Waals surface area (Å²) in [5, 5.41) is 12.7. The van der Waals surface area contributed by atoms with E-state index < -0.39 is 11.9 Å². The zero-order chi connectivity index (χ0) is 15.4. The van der Waals surface area contributed by atoms with Gasteiger partial charge in [-0.15, -0.1) is 12.6 Å². The molecule has 6 heteroatoms. The van der Waals surface area contributed by atoms with Gasteiger partial charge in [0.1, 0.15) is 12.4 Å². The number of rotatable bonds is 4. The molecule has 0 saturated carbocycles. The van der Waals surface area contributed by atoms with E-state index in [9.17, 15) is 10.1 Å². The van der Waals surface area contributed by atoms with E-state index in [2.05, 4.69) is 30.6 Å². The van der Waals surface area contributed by atoms with Crippen LogP contribution in [0.25, 0.3) is 0 Å². The van der Waals surface area contributed by atoms with Gasteiger partial charge in [0.05, 0.1) is 34.4 Å². The van der Waals surface area contributed by atoms with Crippen molar-refractivity contribution in [3.63, 3.8) is 0 Å². The summed E-state index contributed by atoms with van der Waals surface area (Å²) in [6.45, 7) is 5.33. The molecule has 0 unspecified atom stereocenters. The number of dihydropyridines is 1. The van der Waals surface area contributed by atoms with E-state index in [1.807, 2.05) is 0 Å². The first kappa shape index (κ1) is 15.0. The summed E-state index contributed by atoms with van der Waals surface area (Å²) in [4.78, 5) is 12.3. The molecule has 1 N–H and O–H groups in total. The van der Waals surface area contributed by atoms with Crippen LogP contribution in [0.4, 0.5) is 0 Å². The monoisotopic (exact) mass is 302 g/mol. The summed E-state index contributed by atoms with van der Waals surface area (Å²) in [7, 11) is 0. The van der Waals surface area contributed by atoms with E-state index in [4.69, 9.17) is 9.15 Å². The van der Waals surface area contributed by atoms with Crippen molar-refractivity contribution in [2.75, 3.05) is 6.61 Å². The van der Waals surface area contributed by atoms with Crippen LogP contribution < -0.4 is 5.32 Å². The van der Waals surface area contributed by atoms with Crippen molar-refractivity contribution in [2.45, 2.75) is 12.8 Å². The van der Waals surface area contributed by atoms with Crippen LogP contribution in [0.1, 0.15) is 18.6 Å². The Balaban J connectivity index is 2.49. The minimum atomic E-state index is -0.629. The number of allylic oxidation sites excluding steroid dienone is 2. The molecule has 0 bridgehead atoms. The molecule has 0 aliphatic carbocycles. The molecule has 0 fully saturated rings. The van der Waals surface area contributed by atoms with Gasteiger partial charge in [0.2, 0.25) is 0 Å². The van der Waals surface area contributed by atoms with E-state index >= 15 is 0 Å². The first-order valence-electron chi connectivity index (χ1n) is 6.22.